The number of carbonyl (C=O) groups is 2. The fourth-order valence-corrected chi connectivity index (χ4v) is 3.06. The Bertz CT molecular complexity index is 569. The number of urea groups is 1. The number of hydrogen-bond donors (Lipinski definition) is 2. The predicted octanol–water partition coefficient (Wildman–Crippen LogP) is 1.63. The van der Waals surface area contributed by atoms with Crippen molar-refractivity contribution in [3.05, 3.63) is 28.8 Å². The van der Waals surface area contributed by atoms with E-state index in [0.29, 0.717) is 24.6 Å². The monoisotopic (exact) mass is 316 g/mol. The van der Waals surface area contributed by atoms with Crippen LogP contribution in [0.5, 0.6) is 0 Å². The highest BCUT2D eigenvalue weighted by Gasteiger charge is 2.21. The third-order valence-electron chi connectivity index (χ3n) is 2.92. The highest BCUT2D eigenvalue weighted by atomic mass is 35.5. The third-order valence-corrected chi connectivity index (χ3v) is 4.43. The van der Waals surface area contributed by atoms with Crippen LogP contribution in [0.25, 0.3) is 0 Å². The normalized spacial score (nSPS) is 15.9. The molecule has 0 unspecified atom stereocenters. The van der Waals surface area contributed by atoms with Gasteiger partial charge in [0, 0.05) is 40.4 Å². The molecule has 108 valence electrons. The summed E-state index contributed by atoms with van der Waals surface area (Å²) in [6.45, 7) is 0.795. The molecule has 2 rings (SSSR count). The number of benzene rings is 1. The first-order valence-electron chi connectivity index (χ1n) is 5.91. The Morgan fingerprint density at radius 1 is 1.30 bits per heavy atom. The number of carboxylic acids is 1. The maximum atomic E-state index is 12.0. The van der Waals surface area contributed by atoms with Crippen LogP contribution in [-0.2, 0) is 10.8 Å². The first-order chi connectivity index (χ1) is 9.47. The molecule has 2 amide bonds. The van der Waals surface area contributed by atoms with Gasteiger partial charge < -0.3 is 15.3 Å². The van der Waals surface area contributed by atoms with E-state index < -0.39 is 22.8 Å². The molecule has 0 aromatic heterocycles. The molecule has 6 nitrogen and oxygen atoms in total. The van der Waals surface area contributed by atoms with Crippen LogP contribution in [0.3, 0.4) is 0 Å². The van der Waals surface area contributed by atoms with Crippen LogP contribution in [-0.4, -0.2) is 50.8 Å². The molecule has 1 aromatic rings. The molecule has 8 heteroatoms. The summed E-state index contributed by atoms with van der Waals surface area (Å²) in [6.07, 6.45) is 0. The zero-order chi connectivity index (χ0) is 14.7. The van der Waals surface area contributed by atoms with Gasteiger partial charge in [-0.05, 0) is 18.2 Å². The molecule has 0 atom stereocenters. The highest BCUT2D eigenvalue weighted by molar-refractivity contribution is 7.85. The van der Waals surface area contributed by atoms with Crippen LogP contribution in [0.1, 0.15) is 10.4 Å². The summed E-state index contributed by atoms with van der Waals surface area (Å²) in [4.78, 5) is 24.7. The van der Waals surface area contributed by atoms with E-state index in [0.717, 1.165) is 0 Å². The summed E-state index contributed by atoms with van der Waals surface area (Å²) in [5.74, 6) is -0.276. The van der Waals surface area contributed by atoms with E-state index >= 15 is 0 Å². The van der Waals surface area contributed by atoms with Gasteiger partial charge in [0.1, 0.15) is 0 Å². The third kappa shape index (κ3) is 3.49. The Hall–Kier alpha value is -1.60. The fourth-order valence-electron chi connectivity index (χ4n) is 1.84. The molecule has 0 bridgehead atoms. The largest absolute Gasteiger partial charge is 0.478 e. The van der Waals surface area contributed by atoms with Gasteiger partial charge in [0.05, 0.1) is 11.3 Å². The van der Waals surface area contributed by atoms with Crippen molar-refractivity contribution in [3.8, 4) is 0 Å². The first kappa shape index (κ1) is 14.8. The maximum Gasteiger partial charge on any atom is 0.337 e. The van der Waals surface area contributed by atoms with Crippen molar-refractivity contribution >= 4 is 40.1 Å². The smallest absolute Gasteiger partial charge is 0.337 e. The topological polar surface area (TPSA) is 86.7 Å². The van der Waals surface area contributed by atoms with E-state index in [1.807, 2.05) is 0 Å². The number of carboxylic acid groups (broad SMARTS) is 1. The molecule has 2 N–H and O–H groups in total. The minimum atomic E-state index is -1.16. The first-order valence-corrected chi connectivity index (χ1v) is 7.77. The van der Waals surface area contributed by atoms with Crippen molar-refractivity contribution in [3.63, 3.8) is 0 Å². The molecular formula is C12H13ClN2O4S. The summed E-state index contributed by atoms with van der Waals surface area (Å²) >= 11 is 5.74. The lowest BCUT2D eigenvalue weighted by Gasteiger charge is -2.26. The van der Waals surface area contributed by atoms with Crippen molar-refractivity contribution < 1.29 is 18.9 Å². The zero-order valence-electron chi connectivity index (χ0n) is 10.5. The van der Waals surface area contributed by atoms with Gasteiger partial charge in [-0.2, -0.15) is 0 Å². The highest BCUT2D eigenvalue weighted by Crippen LogP contribution is 2.21. The second kappa shape index (κ2) is 6.23. The molecule has 1 aliphatic heterocycles. The summed E-state index contributed by atoms with van der Waals surface area (Å²) in [6, 6.07) is 3.84. The van der Waals surface area contributed by atoms with Gasteiger partial charge in [-0.3, -0.25) is 4.21 Å². The molecule has 0 saturated carbocycles. The van der Waals surface area contributed by atoms with E-state index in [4.69, 9.17) is 16.7 Å². The van der Waals surface area contributed by atoms with Gasteiger partial charge in [-0.25, -0.2) is 9.59 Å². The second-order valence-corrected chi connectivity index (χ2v) is 6.39. The van der Waals surface area contributed by atoms with Gasteiger partial charge in [-0.1, -0.05) is 11.6 Å². The fraction of sp³-hybridized carbons (Fsp3) is 0.333. The number of amides is 2. The number of rotatable bonds is 2. The summed E-state index contributed by atoms with van der Waals surface area (Å²) in [5, 5.41) is 11.9. The van der Waals surface area contributed by atoms with Crippen molar-refractivity contribution in [2.24, 2.45) is 0 Å². The quantitative estimate of drug-likeness (QED) is 0.868. The zero-order valence-corrected chi connectivity index (χ0v) is 12.0. The molecule has 1 aliphatic rings. The molecule has 0 spiro atoms. The molecule has 0 radical (unpaired) electrons. The lowest BCUT2D eigenvalue weighted by molar-refractivity contribution is 0.0698. The van der Waals surface area contributed by atoms with Crippen molar-refractivity contribution in [2.75, 3.05) is 29.9 Å². The van der Waals surface area contributed by atoms with E-state index in [1.54, 1.807) is 0 Å². The minimum Gasteiger partial charge on any atom is -0.478 e. The van der Waals surface area contributed by atoms with Gasteiger partial charge >= 0.3 is 12.0 Å². The van der Waals surface area contributed by atoms with Crippen LogP contribution in [0.4, 0.5) is 10.5 Å². The standard InChI is InChI=1S/C12H13ClN2O4S/c13-8-1-2-10(9(7-8)11(16)17)14-12(18)15-3-5-20(19)6-4-15/h1-2,7H,3-6H2,(H,14,18)(H,16,17). The number of anilines is 1. The number of carbonyl (C=O) groups excluding carboxylic acids is 1. The van der Waals surface area contributed by atoms with E-state index in [9.17, 15) is 13.8 Å². The van der Waals surface area contributed by atoms with Crippen molar-refractivity contribution in [2.45, 2.75) is 0 Å². The Morgan fingerprint density at radius 2 is 1.95 bits per heavy atom. The molecule has 20 heavy (non-hydrogen) atoms. The van der Waals surface area contributed by atoms with Crippen molar-refractivity contribution in [1.29, 1.82) is 0 Å². The summed E-state index contributed by atoms with van der Waals surface area (Å²) < 4.78 is 11.2. The minimum absolute atomic E-state index is 0.0635. The van der Waals surface area contributed by atoms with Crippen LogP contribution in [0, 0.1) is 0 Å². The second-order valence-electron chi connectivity index (χ2n) is 4.26. The summed E-state index contributed by atoms with van der Waals surface area (Å²) in [7, 11) is -0.872. The lowest BCUT2D eigenvalue weighted by Crippen LogP contribution is -2.44. The van der Waals surface area contributed by atoms with Gasteiger partial charge in [0.2, 0.25) is 0 Å². The van der Waals surface area contributed by atoms with Crippen LogP contribution in [0.15, 0.2) is 18.2 Å². The number of halogens is 1. The van der Waals surface area contributed by atoms with Gasteiger partial charge in [0.15, 0.2) is 0 Å². The SMILES string of the molecule is O=C(O)c1cc(Cl)ccc1NC(=O)N1CCS(=O)CC1. The van der Waals surface area contributed by atoms with Crippen molar-refractivity contribution in [1.82, 2.24) is 4.90 Å². The van der Waals surface area contributed by atoms with E-state index in [-0.39, 0.29) is 16.3 Å². The molecule has 1 saturated heterocycles. The number of nitrogens with zero attached hydrogens (tertiary/aromatic N) is 1. The number of nitrogens with one attached hydrogen (secondary N) is 1. The Kier molecular flexibility index (Phi) is 4.61. The molecule has 1 fully saturated rings. The maximum absolute atomic E-state index is 12.0. The molecular weight excluding hydrogens is 304 g/mol. The Labute approximate surface area is 123 Å². The average molecular weight is 317 g/mol. The lowest BCUT2D eigenvalue weighted by atomic mass is 10.2. The molecule has 1 aromatic carbocycles. The molecule has 0 aliphatic carbocycles. The number of aromatic carboxylic acids is 1. The van der Waals surface area contributed by atoms with E-state index in [2.05, 4.69) is 5.32 Å². The van der Waals surface area contributed by atoms with Crippen LogP contribution < -0.4 is 5.32 Å². The average Bonchev–Trinajstić information content (AvgIpc) is 2.41. The summed E-state index contributed by atoms with van der Waals surface area (Å²) in [5.41, 5.74) is 0.130. The van der Waals surface area contributed by atoms with Crippen LogP contribution >= 0.6 is 11.6 Å². The Morgan fingerprint density at radius 3 is 2.55 bits per heavy atom. The van der Waals surface area contributed by atoms with Gasteiger partial charge in [0.25, 0.3) is 0 Å². The van der Waals surface area contributed by atoms with E-state index in [1.165, 1.54) is 23.1 Å². The predicted molar refractivity (Wildman–Crippen MR) is 76.9 cm³/mol. The molecule has 1 heterocycles. The Balaban J connectivity index is 2.11. The number of hydrogen-bond acceptors (Lipinski definition) is 3. The van der Waals surface area contributed by atoms with Crippen LogP contribution in [0.2, 0.25) is 5.02 Å². The van der Waals surface area contributed by atoms with Gasteiger partial charge in [-0.15, -0.1) is 0 Å².